The Morgan fingerprint density at radius 1 is 0.667 bits per heavy atom. The van der Waals surface area contributed by atoms with E-state index in [0.717, 1.165) is 62.4 Å². The van der Waals surface area contributed by atoms with Crippen LogP contribution in [0.4, 0.5) is 0 Å². The van der Waals surface area contributed by atoms with Gasteiger partial charge in [-0.3, -0.25) is 0 Å². The van der Waals surface area contributed by atoms with Crippen LogP contribution in [-0.4, -0.2) is 22.8 Å². The molecule has 0 saturated heterocycles. The van der Waals surface area contributed by atoms with Gasteiger partial charge in [0.25, 0.3) is 0 Å². The maximum atomic E-state index is 4.96. The van der Waals surface area contributed by atoms with Gasteiger partial charge in [-0.1, -0.05) is 12.7 Å². The lowest BCUT2D eigenvalue weighted by molar-refractivity contribution is 1.26. The third kappa shape index (κ3) is 2.84. The Bertz CT molecular complexity index is 1300. The van der Waals surface area contributed by atoms with Crippen LogP contribution in [0.15, 0.2) is 126 Å². The topological polar surface area (TPSA) is 49.4 Å². The molecule has 0 fully saturated rings. The summed E-state index contributed by atoms with van der Waals surface area (Å²) in [6, 6.07) is 0. The monoisotopic (exact) mass is 390 g/mol. The fourth-order valence-corrected chi connectivity index (χ4v) is 4.13. The number of allylic oxidation sites excluding steroid dienone is 13. The van der Waals surface area contributed by atoms with Gasteiger partial charge < -0.3 is 0 Å². The third-order valence-electron chi connectivity index (χ3n) is 5.95. The van der Waals surface area contributed by atoms with Crippen molar-refractivity contribution in [1.82, 2.24) is 0 Å². The second kappa shape index (κ2) is 6.70. The van der Waals surface area contributed by atoms with Gasteiger partial charge in [0, 0.05) is 11.1 Å². The number of hydrogen-bond donors (Lipinski definition) is 0. The van der Waals surface area contributed by atoms with Crippen molar-refractivity contribution in [2.75, 3.05) is 0 Å². The number of nitrogens with zero attached hydrogens (tertiary/aromatic N) is 4. The van der Waals surface area contributed by atoms with Crippen molar-refractivity contribution in [3.63, 3.8) is 0 Å². The van der Waals surface area contributed by atoms with Gasteiger partial charge in [-0.2, -0.15) is 0 Å². The van der Waals surface area contributed by atoms with E-state index >= 15 is 0 Å². The number of hydrogen-bond acceptors (Lipinski definition) is 4. The molecule has 0 saturated carbocycles. The molecule has 0 spiro atoms. The molecule has 8 bridgehead atoms. The average Bonchev–Trinajstić information content (AvgIpc) is 3.47. The first-order valence-electron chi connectivity index (χ1n) is 10.0. The molecule has 30 heavy (non-hydrogen) atoms. The van der Waals surface area contributed by atoms with Crippen LogP contribution < -0.4 is 0 Å². The molecule has 4 nitrogen and oxygen atoms in total. The van der Waals surface area contributed by atoms with Crippen LogP contribution in [0.5, 0.6) is 0 Å². The quantitative estimate of drug-likeness (QED) is 0.552. The van der Waals surface area contributed by atoms with Gasteiger partial charge in [-0.05, 0) is 86.9 Å². The van der Waals surface area contributed by atoms with Crippen molar-refractivity contribution in [2.45, 2.75) is 27.7 Å². The standard InChI is InChI=1S/C26H22N4/c1-6-22-16(4)26-17(5)25-15(3)14(2)23(29-25)12-20-9-7-18(27-20)11-19-8-10-21(28-19)13-24(22)30-26/h6-13H,1H2,2-5H3. The lowest BCUT2D eigenvalue weighted by Gasteiger charge is -2.07. The minimum Gasteiger partial charge on any atom is -0.249 e. The van der Waals surface area contributed by atoms with Crippen molar-refractivity contribution in [1.29, 1.82) is 0 Å². The van der Waals surface area contributed by atoms with Gasteiger partial charge >= 0.3 is 0 Å². The molecular weight excluding hydrogens is 368 g/mol. The molecule has 146 valence electrons. The molecule has 4 heteroatoms. The van der Waals surface area contributed by atoms with Crippen LogP contribution in [0.3, 0.4) is 0 Å². The Morgan fingerprint density at radius 3 is 2.03 bits per heavy atom. The van der Waals surface area contributed by atoms with E-state index in [1.165, 1.54) is 11.1 Å². The zero-order chi connectivity index (χ0) is 21.0. The second-order valence-electron chi connectivity index (χ2n) is 7.83. The Balaban J connectivity index is 1.78. The van der Waals surface area contributed by atoms with E-state index in [1.54, 1.807) is 0 Å². The van der Waals surface area contributed by atoms with Crippen molar-refractivity contribution in [3.05, 3.63) is 106 Å². The average molecular weight is 390 g/mol. The van der Waals surface area contributed by atoms with Crippen LogP contribution in [0, 0.1) is 0 Å². The largest absolute Gasteiger partial charge is 0.249 e. The van der Waals surface area contributed by atoms with Crippen LogP contribution >= 0.6 is 0 Å². The Labute approximate surface area is 176 Å². The Morgan fingerprint density at radius 2 is 1.33 bits per heavy atom. The summed E-state index contributed by atoms with van der Waals surface area (Å²) in [5, 5.41) is 0. The van der Waals surface area contributed by atoms with E-state index in [9.17, 15) is 0 Å². The molecule has 0 N–H and O–H groups in total. The van der Waals surface area contributed by atoms with E-state index in [2.05, 4.69) is 34.3 Å². The highest BCUT2D eigenvalue weighted by Crippen LogP contribution is 2.35. The summed E-state index contributed by atoms with van der Waals surface area (Å²) in [6.07, 6.45) is 16.0. The van der Waals surface area contributed by atoms with E-state index in [1.807, 2.05) is 48.6 Å². The molecule has 5 rings (SSSR count). The van der Waals surface area contributed by atoms with Crippen LogP contribution in [0.25, 0.3) is 0 Å². The highest BCUT2D eigenvalue weighted by Gasteiger charge is 2.25. The van der Waals surface area contributed by atoms with Crippen LogP contribution in [0.1, 0.15) is 27.7 Å². The molecule has 0 aromatic rings. The molecular formula is C26H22N4. The van der Waals surface area contributed by atoms with Crippen LogP contribution in [0.2, 0.25) is 0 Å². The van der Waals surface area contributed by atoms with Gasteiger partial charge in [0.15, 0.2) is 0 Å². The summed E-state index contributed by atoms with van der Waals surface area (Å²) in [5.74, 6) is 0. The third-order valence-corrected chi connectivity index (χ3v) is 5.95. The normalized spacial score (nSPS) is 22.2. The molecule has 5 heterocycles. The van der Waals surface area contributed by atoms with Crippen molar-refractivity contribution in [3.8, 4) is 0 Å². The van der Waals surface area contributed by atoms with Gasteiger partial charge in [0.05, 0.1) is 45.6 Å². The summed E-state index contributed by atoms with van der Waals surface area (Å²) in [7, 11) is 0. The summed E-state index contributed by atoms with van der Waals surface area (Å²) in [5.41, 5.74) is 12.9. The summed E-state index contributed by atoms with van der Waals surface area (Å²) < 4.78 is 0. The van der Waals surface area contributed by atoms with Gasteiger partial charge in [0.1, 0.15) is 0 Å². The summed E-state index contributed by atoms with van der Waals surface area (Å²) >= 11 is 0. The summed E-state index contributed by atoms with van der Waals surface area (Å²) in [6.45, 7) is 12.4. The molecule has 0 unspecified atom stereocenters. The SMILES string of the molecule is C=CC1=C(C)C2=C(C)C3=NC(=CC4=NC(=CC5=NC(=CC1=N2)C=C5)C=C4)C(C)=C3C. The molecule has 0 radical (unpaired) electrons. The number of rotatable bonds is 1. The minimum absolute atomic E-state index is 0.872. The van der Waals surface area contributed by atoms with Crippen molar-refractivity contribution < 1.29 is 0 Å². The molecule has 0 amide bonds. The van der Waals surface area contributed by atoms with Crippen molar-refractivity contribution >= 4 is 22.8 Å². The van der Waals surface area contributed by atoms with E-state index < -0.39 is 0 Å². The summed E-state index contributed by atoms with van der Waals surface area (Å²) in [4.78, 5) is 19.4. The molecule has 5 aliphatic rings. The lowest BCUT2D eigenvalue weighted by atomic mass is 9.97. The number of aliphatic imine (C=N–C) groups is 4. The lowest BCUT2D eigenvalue weighted by Crippen LogP contribution is -2.02. The van der Waals surface area contributed by atoms with Gasteiger partial charge in [0.2, 0.25) is 0 Å². The first kappa shape index (κ1) is 18.4. The maximum absolute atomic E-state index is 4.96. The minimum atomic E-state index is 0.872. The fourth-order valence-electron chi connectivity index (χ4n) is 4.13. The highest BCUT2D eigenvalue weighted by molar-refractivity contribution is 6.20. The molecule has 0 atom stereocenters. The predicted molar refractivity (Wildman–Crippen MR) is 126 cm³/mol. The predicted octanol–water partition coefficient (Wildman–Crippen LogP) is 5.70. The first-order chi connectivity index (χ1) is 14.4. The van der Waals surface area contributed by atoms with E-state index in [4.69, 9.17) is 20.0 Å². The highest BCUT2D eigenvalue weighted by atomic mass is 14.9. The molecule has 0 aliphatic carbocycles. The Kier molecular flexibility index (Phi) is 4.10. The van der Waals surface area contributed by atoms with Crippen LogP contribution in [-0.2, 0) is 0 Å². The Hall–Kier alpha value is -3.66. The zero-order valence-electron chi connectivity index (χ0n) is 17.6. The zero-order valence-corrected chi connectivity index (χ0v) is 17.6. The van der Waals surface area contributed by atoms with Gasteiger partial charge in [-0.15, -0.1) is 0 Å². The number of fused-ring (bicyclic) bond motifs is 4. The molecule has 0 aromatic carbocycles. The first-order valence-corrected chi connectivity index (χ1v) is 10.0. The van der Waals surface area contributed by atoms with Crippen molar-refractivity contribution in [2.24, 2.45) is 20.0 Å². The van der Waals surface area contributed by atoms with Gasteiger partial charge in [-0.25, -0.2) is 20.0 Å². The van der Waals surface area contributed by atoms with E-state index in [-0.39, 0.29) is 0 Å². The molecule has 5 aliphatic heterocycles. The van der Waals surface area contributed by atoms with E-state index in [0.29, 0.717) is 0 Å². The molecule has 0 aromatic heterocycles. The second-order valence-corrected chi connectivity index (χ2v) is 7.83. The maximum Gasteiger partial charge on any atom is 0.0734 e. The smallest absolute Gasteiger partial charge is 0.0734 e. The fraction of sp³-hybridized carbons (Fsp3) is 0.154.